The summed E-state index contributed by atoms with van der Waals surface area (Å²) in [6, 6.07) is 15.9. The molecule has 0 heterocycles. The summed E-state index contributed by atoms with van der Waals surface area (Å²) in [5.41, 5.74) is 7.66. The molecular weight excluding hydrogens is 348 g/mol. The molecule has 0 saturated carbocycles. The van der Waals surface area contributed by atoms with Crippen molar-refractivity contribution in [1.29, 1.82) is 0 Å². The molecule has 0 saturated heterocycles. The third-order valence-electron chi connectivity index (χ3n) is 6.75. The quantitative estimate of drug-likeness (QED) is 0.227. The van der Waals surface area contributed by atoms with Crippen LogP contribution in [-0.2, 0) is 12.8 Å². The van der Waals surface area contributed by atoms with Crippen molar-refractivity contribution in [3.05, 3.63) is 59.2 Å². The summed E-state index contributed by atoms with van der Waals surface area (Å²) >= 11 is 0. The van der Waals surface area contributed by atoms with Gasteiger partial charge in [0, 0.05) is 0 Å². The van der Waals surface area contributed by atoms with Crippen molar-refractivity contribution < 1.29 is 0 Å². The van der Waals surface area contributed by atoms with Crippen molar-refractivity contribution in [2.24, 2.45) is 0 Å². The van der Waals surface area contributed by atoms with Crippen LogP contribution < -0.4 is 0 Å². The van der Waals surface area contributed by atoms with Gasteiger partial charge in [-0.25, -0.2) is 0 Å². The molecule has 0 unspecified atom stereocenters. The number of hydrogen-bond acceptors (Lipinski definition) is 0. The minimum absolute atomic E-state index is 1.14. The number of aryl methyl sites for hydroxylation is 1. The highest BCUT2D eigenvalue weighted by molar-refractivity contribution is 5.77. The second-order valence-electron chi connectivity index (χ2n) is 9.12. The first kappa shape index (κ1) is 22.1. The minimum Gasteiger partial charge on any atom is -0.0654 e. The molecule has 158 valence electrons. The van der Waals surface area contributed by atoms with Crippen molar-refractivity contribution in [2.75, 3.05) is 0 Å². The lowest BCUT2D eigenvalue weighted by molar-refractivity contribution is 0.535. The number of unbranched alkanes of at least 4 members (excludes halogenated alkanes) is 13. The Labute approximate surface area is 180 Å². The topological polar surface area (TPSA) is 0 Å². The highest BCUT2D eigenvalue weighted by Gasteiger charge is 2.19. The van der Waals surface area contributed by atoms with E-state index in [9.17, 15) is 0 Å². The molecule has 0 N–H and O–H groups in total. The molecule has 1 aliphatic rings. The molecule has 0 atom stereocenters. The Balaban J connectivity index is 1.22. The predicted octanol–water partition coefficient (Wildman–Crippen LogP) is 9.28. The number of benzene rings is 2. The molecular formula is C29H42. The molecule has 2 aromatic rings. The molecule has 1 aliphatic carbocycles. The van der Waals surface area contributed by atoms with Crippen LogP contribution in [0.4, 0.5) is 0 Å². The Bertz CT molecular complexity index is 712. The van der Waals surface area contributed by atoms with Crippen molar-refractivity contribution in [3.8, 4) is 11.1 Å². The first-order chi connectivity index (χ1) is 14.4. The van der Waals surface area contributed by atoms with Crippen LogP contribution >= 0.6 is 0 Å². The Kier molecular flexibility index (Phi) is 9.83. The Morgan fingerprint density at radius 1 is 0.552 bits per heavy atom. The summed E-state index contributed by atoms with van der Waals surface area (Å²) < 4.78 is 0. The van der Waals surface area contributed by atoms with Crippen LogP contribution in [0.1, 0.15) is 114 Å². The summed E-state index contributed by atoms with van der Waals surface area (Å²) in [6.07, 6.45) is 22.5. The molecule has 0 amide bonds. The van der Waals surface area contributed by atoms with Crippen LogP contribution in [0.2, 0.25) is 0 Å². The van der Waals surface area contributed by atoms with Crippen LogP contribution in [0.25, 0.3) is 11.1 Å². The van der Waals surface area contributed by atoms with Gasteiger partial charge in [-0.05, 0) is 47.1 Å². The maximum atomic E-state index is 2.37. The van der Waals surface area contributed by atoms with Gasteiger partial charge in [-0.3, -0.25) is 0 Å². The largest absolute Gasteiger partial charge is 0.0654 e. The van der Waals surface area contributed by atoms with Gasteiger partial charge in [0.25, 0.3) is 0 Å². The minimum atomic E-state index is 1.14. The van der Waals surface area contributed by atoms with E-state index in [2.05, 4.69) is 49.4 Å². The van der Waals surface area contributed by atoms with Gasteiger partial charge in [0.05, 0.1) is 0 Å². The van der Waals surface area contributed by atoms with Crippen molar-refractivity contribution in [1.82, 2.24) is 0 Å². The summed E-state index contributed by atoms with van der Waals surface area (Å²) in [5.74, 6) is 0. The van der Waals surface area contributed by atoms with Gasteiger partial charge < -0.3 is 0 Å². The maximum Gasteiger partial charge on any atom is -0.00107 e. The summed E-state index contributed by atoms with van der Waals surface area (Å²) in [7, 11) is 0. The lowest BCUT2D eigenvalue weighted by Crippen LogP contribution is -1.93. The van der Waals surface area contributed by atoms with Crippen LogP contribution in [0, 0.1) is 0 Å². The smallest absolute Gasteiger partial charge is 0.00107 e. The molecule has 0 fully saturated rings. The first-order valence-corrected chi connectivity index (χ1v) is 12.6. The van der Waals surface area contributed by atoms with E-state index in [1.54, 1.807) is 11.1 Å². The van der Waals surface area contributed by atoms with Crippen LogP contribution in [-0.4, -0.2) is 0 Å². The Morgan fingerprint density at radius 2 is 1.10 bits per heavy atom. The highest BCUT2D eigenvalue weighted by atomic mass is 14.2. The third kappa shape index (κ3) is 7.02. The van der Waals surface area contributed by atoms with Crippen LogP contribution in [0.5, 0.6) is 0 Å². The SMILES string of the molecule is CCCCCCCCCCCCCCCCc1cccc2c1Cc1ccccc1-2. The highest BCUT2D eigenvalue weighted by Crippen LogP contribution is 2.38. The Morgan fingerprint density at radius 3 is 1.76 bits per heavy atom. The lowest BCUT2D eigenvalue weighted by Gasteiger charge is -2.09. The molecule has 0 aromatic heterocycles. The molecule has 0 spiro atoms. The van der Waals surface area contributed by atoms with Crippen molar-refractivity contribution >= 4 is 0 Å². The average molecular weight is 391 g/mol. The van der Waals surface area contributed by atoms with Crippen molar-refractivity contribution in [3.63, 3.8) is 0 Å². The number of hydrogen-bond donors (Lipinski definition) is 0. The predicted molar refractivity (Wildman–Crippen MR) is 129 cm³/mol. The molecule has 0 aliphatic heterocycles. The fourth-order valence-corrected chi connectivity index (χ4v) is 4.97. The van der Waals surface area contributed by atoms with E-state index in [1.807, 2.05) is 0 Å². The normalized spacial score (nSPS) is 12.2. The van der Waals surface area contributed by atoms with Crippen LogP contribution in [0.3, 0.4) is 0 Å². The van der Waals surface area contributed by atoms with E-state index >= 15 is 0 Å². The molecule has 0 heteroatoms. The van der Waals surface area contributed by atoms with Gasteiger partial charge in [-0.15, -0.1) is 0 Å². The monoisotopic (exact) mass is 390 g/mol. The van der Waals surface area contributed by atoms with Crippen LogP contribution in [0.15, 0.2) is 42.5 Å². The zero-order chi connectivity index (χ0) is 20.2. The second-order valence-corrected chi connectivity index (χ2v) is 9.12. The van der Waals surface area contributed by atoms with E-state index in [0.717, 1.165) is 6.42 Å². The zero-order valence-electron chi connectivity index (χ0n) is 18.9. The van der Waals surface area contributed by atoms with E-state index in [-0.39, 0.29) is 0 Å². The zero-order valence-corrected chi connectivity index (χ0v) is 18.9. The molecule has 29 heavy (non-hydrogen) atoms. The van der Waals surface area contributed by atoms with Gasteiger partial charge >= 0.3 is 0 Å². The third-order valence-corrected chi connectivity index (χ3v) is 6.75. The maximum absolute atomic E-state index is 2.37. The Hall–Kier alpha value is -1.56. The summed E-state index contributed by atoms with van der Waals surface area (Å²) in [4.78, 5) is 0. The molecule has 2 aromatic carbocycles. The van der Waals surface area contributed by atoms with E-state index in [0.29, 0.717) is 0 Å². The van der Waals surface area contributed by atoms with Gasteiger partial charge in [0.2, 0.25) is 0 Å². The van der Waals surface area contributed by atoms with Gasteiger partial charge in [0.1, 0.15) is 0 Å². The summed E-state index contributed by atoms with van der Waals surface area (Å²) in [6.45, 7) is 2.30. The fourth-order valence-electron chi connectivity index (χ4n) is 4.97. The molecule has 3 rings (SSSR count). The second kappa shape index (κ2) is 12.9. The van der Waals surface area contributed by atoms with Gasteiger partial charge in [-0.2, -0.15) is 0 Å². The molecule has 0 radical (unpaired) electrons. The molecule has 0 bridgehead atoms. The summed E-state index contributed by atoms with van der Waals surface area (Å²) in [5, 5.41) is 0. The standard InChI is InChI=1S/C29H42/c1-2-3-4-5-6-7-8-9-10-11-12-13-14-15-19-25-21-18-23-28-27-22-17-16-20-26(27)24-29(25)28/h16-18,20-23H,2-15,19,24H2,1H3. The first-order valence-electron chi connectivity index (χ1n) is 12.6. The van der Waals surface area contributed by atoms with Gasteiger partial charge in [0.15, 0.2) is 0 Å². The fraction of sp³-hybridized carbons (Fsp3) is 0.586. The van der Waals surface area contributed by atoms with E-state index < -0.39 is 0 Å². The molecule has 0 nitrogen and oxygen atoms in total. The van der Waals surface area contributed by atoms with Gasteiger partial charge in [-0.1, -0.05) is 133 Å². The van der Waals surface area contributed by atoms with E-state index in [1.165, 1.54) is 113 Å². The van der Waals surface area contributed by atoms with E-state index in [4.69, 9.17) is 0 Å². The lowest BCUT2D eigenvalue weighted by atomic mass is 9.96. The van der Waals surface area contributed by atoms with Crippen molar-refractivity contribution in [2.45, 2.75) is 110 Å². The number of fused-ring (bicyclic) bond motifs is 3. The number of rotatable bonds is 15. The average Bonchev–Trinajstić information content (AvgIpc) is 3.13.